The lowest BCUT2D eigenvalue weighted by atomic mass is 10.3. The molecule has 1 amide bonds. The van der Waals surface area contributed by atoms with E-state index in [-0.39, 0.29) is 10.8 Å². The molecule has 0 aromatic heterocycles. The molecule has 0 aliphatic carbocycles. The molecule has 0 atom stereocenters. The van der Waals surface area contributed by atoms with E-state index in [9.17, 15) is 13.2 Å². The molecule has 6 heteroatoms. The number of rotatable bonds is 3. The van der Waals surface area contributed by atoms with Gasteiger partial charge in [0.2, 0.25) is 5.91 Å². The van der Waals surface area contributed by atoms with Crippen LogP contribution in [0.25, 0.3) is 4.85 Å². The number of amides is 1. The summed E-state index contributed by atoms with van der Waals surface area (Å²) in [7, 11) is -3.52. The van der Waals surface area contributed by atoms with Gasteiger partial charge in [-0.05, 0) is 24.3 Å². The third kappa shape index (κ3) is 3.07. The first-order valence-electron chi connectivity index (χ1n) is 4.39. The molecule has 0 bridgehead atoms. The fourth-order valence-electron chi connectivity index (χ4n) is 1.11. The normalized spacial score (nSPS) is 10.5. The molecule has 0 saturated carbocycles. The summed E-state index contributed by atoms with van der Waals surface area (Å²) in [6.45, 7) is 7.90. The number of sulfone groups is 1. The van der Waals surface area contributed by atoms with Gasteiger partial charge >= 0.3 is 5.88 Å². The smallest absolute Gasteiger partial charge is 0.316 e. The van der Waals surface area contributed by atoms with Gasteiger partial charge in [0.15, 0.2) is 0 Å². The monoisotopic (exact) mass is 238 g/mol. The molecule has 1 rings (SSSR count). The summed E-state index contributed by atoms with van der Waals surface area (Å²) in [5.41, 5.74) is 0.522. The number of hydrogen-bond donors (Lipinski definition) is 1. The summed E-state index contributed by atoms with van der Waals surface area (Å²) >= 11 is 0. The summed E-state index contributed by atoms with van der Waals surface area (Å²) in [5, 5.41) is 2.52. The van der Waals surface area contributed by atoms with Gasteiger partial charge in [0.25, 0.3) is 9.84 Å². The van der Waals surface area contributed by atoms with Crippen molar-refractivity contribution >= 4 is 21.4 Å². The maximum absolute atomic E-state index is 11.5. The van der Waals surface area contributed by atoms with Gasteiger partial charge in [-0.2, -0.15) is 0 Å². The average molecular weight is 238 g/mol. The molecule has 1 aromatic carbocycles. The average Bonchev–Trinajstić information content (AvgIpc) is 2.17. The summed E-state index contributed by atoms with van der Waals surface area (Å²) in [4.78, 5) is 13.7. The Bertz CT molecular complexity index is 526. The van der Waals surface area contributed by atoms with Crippen molar-refractivity contribution in [3.8, 4) is 0 Å². The third-order valence-electron chi connectivity index (χ3n) is 1.77. The van der Waals surface area contributed by atoms with Crippen LogP contribution in [-0.2, 0) is 14.6 Å². The van der Waals surface area contributed by atoms with Crippen LogP contribution in [0.4, 0.5) is 5.69 Å². The number of carbonyl (C=O) groups is 1. The molecule has 84 valence electrons. The minimum absolute atomic E-state index is 0.0811. The van der Waals surface area contributed by atoms with Crippen molar-refractivity contribution in [1.29, 1.82) is 0 Å². The highest BCUT2D eigenvalue weighted by Gasteiger charge is 2.16. The van der Waals surface area contributed by atoms with Gasteiger partial charge in [0, 0.05) is 12.6 Å². The van der Waals surface area contributed by atoms with Crippen molar-refractivity contribution in [3.63, 3.8) is 0 Å². The molecule has 0 aliphatic rings. The molecule has 0 spiro atoms. The zero-order chi connectivity index (χ0) is 12.2. The van der Waals surface area contributed by atoms with Crippen molar-refractivity contribution < 1.29 is 13.2 Å². The molecule has 1 N–H and O–H groups in total. The van der Waals surface area contributed by atoms with Crippen LogP contribution in [0.2, 0.25) is 0 Å². The van der Waals surface area contributed by atoms with E-state index in [0.29, 0.717) is 5.69 Å². The van der Waals surface area contributed by atoms with Crippen LogP contribution < -0.4 is 5.32 Å². The fraction of sp³-hybridized carbons (Fsp3) is 0.200. The van der Waals surface area contributed by atoms with E-state index >= 15 is 0 Å². The Balaban J connectivity index is 2.96. The molecule has 5 nitrogen and oxygen atoms in total. The molecular weight excluding hydrogens is 228 g/mol. The maximum atomic E-state index is 11.5. The van der Waals surface area contributed by atoms with Crippen LogP contribution in [0.1, 0.15) is 6.92 Å². The van der Waals surface area contributed by atoms with Gasteiger partial charge < -0.3 is 5.32 Å². The second kappa shape index (κ2) is 4.77. The molecule has 1 aromatic rings. The predicted octanol–water partition coefficient (Wildman–Crippen LogP) is 1.30. The van der Waals surface area contributed by atoms with E-state index in [1.165, 1.54) is 31.2 Å². The van der Waals surface area contributed by atoms with Gasteiger partial charge in [-0.15, -0.1) is 0 Å². The first kappa shape index (κ1) is 12.2. The second-order valence-electron chi connectivity index (χ2n) is 3.11. The molecule has 0 unspecified atom stereocenters. The lowest BCUT2D eigenvalue weighted by molar-refractivity contribution is -0.114. The van der Waals surface area contributed by atoms with Crippen LogP contribution in [-0.4, -0.2) is 20.2 Å². The van der Waals surface area contributed by atoms with E-state index in [1.807, 2.05) is 0 Å². The van der Waals surface area contributed by atoms with Crippen LogP contribution >= 0.6 is 0 Å². The number of carbonyl (C=O) groups excluding carboxylic acids is 1. The maximum Gasteiger partial charge on any atom is 0.316 e. The Morgan fingerprint density at radius 2 is 1.94 bits per heavy atom. The first-order chi connectivity index (χ1) is 7.45. The topological polar surface area (TPSA) is 67.6 Å². The van der Waals surface area contributed by atoms with Gasteiger partial charge in [-0.1, -0.05) is 0 Å². The van der Waals surface area contributed by atoms with Crippen LogP contribution in [0.3, 0.4) is 0 Å². The van der Waals surface area contributed by atoms with E-state index in [2.05, 4.69) is 10.2 Å². The number of benzene rings is 1. The molecule has 0 radical (unpaired) electrons. The van der Waals surface area contributed by atoms with Gasteiger partial charge in [-0.25, -0.2) is 15.0 Å². The number of nitrogens with one attached hydrogen (secondary N) is 1. The first-order valence-corrected chi connectivity index (χ1v) is 6.04. The number of hydrogen-bond acceptors (Lipinski definition) is 3. The minimum atomic E-state index is -3.52. The van der Waals surface area contributed by atoms with Crippen molar-refractivity contribution in [3.05, 3.63) is 35.7 Å². The van der Waals surface area contributed by atoms with Gasteiger partial charge in [-0.3, -0.25) is 9.64 Å². The van der Waals surface area contributed by atoms with Crippen molar-refractivity contribution in [2.75, 3.05) is 11.2 Å². The third-order valence-corrected chi connectivity index (χ3v) is 3.23. The van der Waals surface area contributed by atoms with E-state index in [4.69, 9.17) is 6.57 Å². The predicted molar refractivity (Wildman–Crippen MR) is 59.4 cm³/mol. The van der Waals surface area contributed by atoms with Crippen LogP contribution in [0.15, 0.2) is 29.2 Å². The van der Waals surface area contributed by atoms with Crippen LogP contribution in [0.5, 0.6) is 0 Å². The van der Waals surface area contributed by atoms with E-state index in [1.54, 1.807) is 0 Å². The fourth-order valence-corrected chi connectivity index (χ4v) is 1.98. The zero-order valence-corrected chi connectivity index (χ0v) is 9.41. The van der Waals surface area contributed by atoms with Gasteiger partial charge in [0.05, 0.1) is 4.90 Å². The molecule has 0 saturated heterocycles. The summed E-state index contributed by atoms with van der Waals surface area (Å²) in [6.07, 6.45) is 0. The summed E-state index contributed by atoms with van der Waals surface area (Å²) < 4.78 is 22.9. The second-order valence-corrected chi connectivity index (χ2v) is 5.07. The van der Waals surface area contributed by atoms with Crippen molar-refractivity contribution in [2.24, 2.45) is 0 Å². The molecule has 0 aliphatic heterocycles. The largest absolute Gasteiger partial charge is 0.326 e. The highest BCUT2D eigenvalue weighted by atomic mass is 32.2. The molecule has 0 heterocycles. The molecule has 0 fully saturated rings. The quantitative estimate of drug-likeness (QED) is 0.807. The highest BCUT2D eigenvalue weighted by molar-refractivity contribution is 7.91. The SMILES string of the molecule is [C-]#[N+]CS(=O)(=O)c1ccc(NC(C)=O)cc1. The van der Waals surface area contributed by atoms with Crippen LogP contribution in [0, 0.1) is 6.57 Å². The minimum Gasteiger partial charge on any atom is -0.326 e. The standard InChI is InChI=1S/C10H10N2O3S/c1-8(13)12-9-3-5-10(6-4-9)16(14,15)7-11-2/h3-6H,7H2,1H3,(H,12,13). The summed E-state index contributed by atoms with van der Waals surface area (Å²) in [5.74, 6) is -0.788. The Morgan fingerprint density at radius 3 is 2.38 bits per heavy atom. The van der Waals surface area contributed by atoms with E-state index in [0.717, 1.165) is 0 Å². The Kier molecular flexibility index (Phi) is 3.64. The Labute approximate surface area is 93.8 Å². The Morgan fingerprint density at radius 1 is 1.38 bits per heavy atom. The molecule has 16 heavy (non-hydrogen) atoms. The highest BCUT2D eigenvalue weighted by Crippen LogP contribution is 2.15. The zero-order valence-electron chi connectivity index (χ0n) is 8.60. The Hall–Kier alpha value is -1.87. The van der Waals surface area contributed by atoms with Gasteiger partial charge in [0.1, 0.15) is 0 Å². The van der Waals surface area contributed by atoms with Crippen molar-refractivity contribution in [1.82, 2.24) is 0 Å². The lowest BCUT2D eigenvalue weighted by Gasteiger charge is -2.02. The van der Waals surface area contributed by atoms with E-state index < -0.39 is 15.7 Å². The number of nitrogens with zero attached hydrogens (tertiary/aromatic N) is 1. The molecular formula is C10H10N2O3S. The number of anilines is 1. The lowest BCUT2D eigenvalue weighted by Crippen LogP contribution is -2.07. The van der Waals surface area contributed by atoms with Crippen molar-refractivity contribution in [2.45, 2.75) is 11.8 Å². The summed E-state index contributed by atoms with van der Waals surface area (Å²) in [6, 6.07) is 5.70.